The quantitative estimate of drug-likeness (QED) is 0.699. The molecule has 1 N–H and O–H groups in total. The topological polar surface area (TPSA) is 88.7 Å². The predicted octanol–water partition coefficient (Wildman–Crippen LogP) is 1.55. The third-order valence-electron chi connectivity index (χ3n) is 6.06. The van der Waals surface area contributed by atoms with E-state index in [1.165, 1.54) is 0 Å². The molecule has 4 rings (SSSR count). The van der Waals surface area contributed by atoms with Crippen molar-refractivity contribution >= 4 is 17.9 Å². The minimum absolute atomic E-state index is 0.00910. The van der Waals surface area contributed by atoms with Gasteiger partial charge in [-0.05, 0) is 26.3 Å². The third-order valence-corrected chi connectivity index (χ3v) is 6.06. The summed E-state index contributed by atoms with van der Waals surface area (Å²) in [4.78, 5) is 44.2. The van der Waals surface area contributed by atoms with Crippen molar-refractivity contribution in [2.24, 2.45) is 0 Å². The third kappa shape index (κ3) is 5.44. The summed E-state index contributed by atoms with van der Waals surface area (Å²) in [5.41, 5.74) is 0.945. The van der Waals surface area contributed by atoms with Crippen molar-refractivity contribution in [3.8, 4) is 0 Å². The lowest BCUT2D eigenvalue weighted by Crippen LogP contribution is -2.56. The van der Waals surface area contributed by atoms with Gasteiger partial charge >= 0.3 is 6.09 Å². The first-order valence-electron chi connectivity index (χ1n) is 11.7. The fraction of sp³-hybridized carbons (Fsp3) is 0.542. The Labute approximate surface area is 200 Å². The predicted molar refractivity (Wildman–Crippen MR) is 126 cm³/mol. The number of hydrogen-bond donors (Lipinski definition) is 1. The van der Waals surface area contributed by atoms with Crippen LogP contribution in [0.5, 0.6) is 0 Å². The first-order valence-corrected chi connectivity index (χ1v) is 11.7. The highest BCUT2D eigenvalue weighted by Gasteiger charge is 2.40. The number of ether oxygens (including phenoxy) is 1. The second-order valence-electron chi connectivity index (χ2n) is 9.95. The van der Waals surface area contributed by atoms with Gasteiger partial charge in [0.2, 0.25) is 5.91 Å². The number of nitrogens with zero attached hydrogens (tertiary/aromatic N) is 5. The zero-order chi connectivity index (χ0) is 24.5. The van der Waals surface area contributed by atoms with Crippen LogP contribution in [0.1, 0.15) is 38.8 Å². The van der Waals surface area contributed by atoms with Crippen LogP contribution < -0.4 is 5.32 Å². The largest absolute Gasteiger partial charge is 0.444 e. The van der Waals surface area contributed by atoms with Crippen molar-refractivity contribution in [2.45, 2.75) is 38.8 Å². The number of hydrogen-bond acceptors (Lipinski definition) is 7. The van der Waals surface area contributed by atoms with Crippen LogP contribution in [0.4, 0.5) is 4.79 Å². The monoisotopic (exact) mass is 470 g/mol. The molecule has 34 heavy (non-hydrogen) atoms. The highest BCUT2D eigenvalue weighted by atomic mass is 16.6. The average Bonchev–Trinajstić information content (AvgIpc) is 3.29. The summed E-state index contributed by atoms with van der Waals surface area (Å²) in [5.74, 6) is -0.0305. The van der Waals surface area contributed by atoms with E-state index in [1.54, 1.807) is 30.7 Å². The number of amides is 3. The molecule has 1 atom stereocenters. The minimum Gasteiger partial charge on any atom is -0.444 e. The number of hydrazine groups is 1. The van der Waals surface area contributed by atoms with E-state index >= 15 is 0 Å². The van der Waals surface area contributed by atoms with E-state index in [-0.39, 0.29) is 18.2 Å². The molecule has 0 aromatic heterocycles. The zero-order valence-corrected chi connectivity index (χ0v) is 20.4. The van der Waals surface area contributed by atoms with E-state index in [4.69, 9.17) is 4.74 Å². The summed E-state index contributed by atoms with van der Waals surface area (Å²) in [6, 6.07) is 8.96. The summed E-state index contributed by atoms with van der Waals surface area (Å²) in [7, 11) is 1.95. The van der Waals surface area contributed by atoms with Gasteiger partial charge in [-0.25, -0.2) is 14.8 Å². The van der Waals surface area contributed by atoms with Gasteiger partial charge in [0.1, 0.15) is 18.0 Å². The lowest BCUT2D eigenvalue weighted by Gasteiger charge is -2.39. The van der Waals surface area contributed by atoms with Crippen LogP contribution in [0.2, 0.25) is 0 Å². The molecule has 2 fully saturated rings. The number of rotatable bonds is 5. The van der Waals surface area contributed by atoms with Crippen LogP contribution in [0.15, 0.2) is 42.2 Å². The lowest BCUT2D eigenvalue weighted by molar-refractivity contribution is -0.148. The molecule has 3 aliphatic heterocycles. The van der Waals surface area contributed by atoms with Gasteiger partial charge in [-0.2, -0.15) is 0 Å². The molecule has 10 heteroatoms. The second kappa shape index (κ2) is 9.54. The van der Waals surface area contributed by atoms with E-state index in [9.17, 15) is 14.4 Å². The van der Waals surface area contributed by atoms with Crippen molar-refractivity contribution in [1.29, 1.82) is 0 Å². The number of carbonyl (C=O) groups is 3. The van der Waals surface area contributed by atoms with Gasteiger partial charge in [0.05, 0.1) is 19.1 Å². The molecule has 184 valence electrons. The minimum atomic E-state index is -0.626. The Balaban J connectivity index is 1.34. The van der Waals surface area contributed by atoms with E-state index in [0.29, 0.717) is 39.5 Å². The van der Waals surface area contributed by atoms with Gasteiger partial charge in [0.15, 0.2) is 0 Å². The van der Waals surface area contributed by atoms with Crippen LogP contribution >= 0.6 is 0 Å². The van der Waals surface area contributed by atoms with Crippen molar-refractivity contribution < 1.29 is 19.1 Å². The van der Waals surface area contributed by atoms with Gasteiger partial charge in [0, 0.05) is 39.4 Å². The number of alkyl carbamates (subject to hydrolysis) is 1. The molecular formula is C24H34N6O4. The molecule has 3 heterocycles. The van der Waals surface area contributed by atoms with E-state index in [0.717, 1.165) is 11.3 Å². The van der Waals surface area contributed by atoms with Crippen LogP contribution in [-0.4, -0.2) is 94.8 Å². The number of carbonyl (C=O) groups excluding carboxylic acids is 3. The van der Waals surface area contributed by atoms with Crippen molar-refractivity contribution in [3.63, 3.8) is 0 Å². The normalized spacial score (nSPS) is 19.8. The Hall–Kier alpha value is -3.27. The molecule has 10 nitrogen and oxygen atoms in total. The van der Waals surface area contributed by atoms with Crippen LogP contribution in [0.3, 0.4) is 0 Å². The van der Waals surface area contributed by atoms with Crippen molar-refractivity contribution in [3.05, 3.63) is 47.8 Å². The molecule has 2 saturated heterocycles. The summed E-state index contributed by atoms with van der Waals surface area (Å²) >= 11 is 0. The number of piperazine rings is 1. The number of fused-ring (bicyclic) bond motifs is 1. The Bertz CT molecular complexity index is 952. The molecule has 1 unspecified atom stereocenters. The second-order valence-corrected chi connectivity index (χ2v) is 9.95. The molecule has 3 amide bonds. The molecule has 0 radical (unpaired) electrons. The molecule has 0 spiro atoms. The Morgan fingerprint density at radius 3 is 2.35 bits per heavy atom. The molecular weight excluding hydrogens is 436 g/mol. The van der Waals surface area contributed by atoms with Gasteiger partial charge in [-0.3, -0.25) is 9.59 Å². The molecule has 0 saturated carbocycles. The molecule has 3 aliphatic rings. The first-order chi connectivity index (χ1) is 16.1. The summed E-state index contributed by atoms with van der Waals surface area (Å²) in [5, 5.41) is 6.66. The molecule has 1 aromatic carbocycles. The Kier molecular flexibility index (Phi) is 6.70. The van der Waals surface area contributed by atoms with E-state index in [2.05, 4.69) is 5.32 Å². The summed E-state index contributed by atoms with van der Waals surface area (Å²) in [6.07, 6.45) is 1.47. The van der Waals surface area contributed by atoms with Gasteiger partial charge in [0.25, 0.3) is 5.91 Å². The average molecular weight is 471 g/mol. The number of benzene rings is 1. The van der Waals surface area contributed by atoms with E-state index < -0.39 is 17.7 Å². The fourth-order valence-corrected chi connectivity index (χ4v) is 4.44. The SMILES string of the molecule is CN1C=C2C(=O)N(N3CCN(C(=O)CC(NC(=O)OC(C)(C)C)c4ccccc4)CC3)CN2C1. The maximum Gasteiger partial charge on any atom is 0.408 e. The van der Waals surface area contributed by atoms with Gasteiger partial charge in [-0.15, -0.1) is 0 Å². The molecule has 0 aliphatic carbocycles. The van der Waals surface area contributed by atoms with Crippen LogP contribution in [0, 0.1) is 0 Å². The van der Waals surface area contributed by atoms with Crippen LogP contribution in [0.25, 0.3) is 0 Å². The molecule has 1 aromatic rings. The molecule has 0 bridgehead atoms. The number of nitrogens with one attached hydrogen (secondary N) is 1. The zero-order valence-electron chi connectivity index (χ0n) is 20.4. The highest BCUT2D eigenvalue weighted by Crippen LogP contribution is 2.26. The van der Waals surface area contributed by atoms with E-state index in [1.807, 2.05) is 58.4 Å². The summed E-state index contributed by atoms with van der Waals surface area (Å²) < 4.78 is 5.41. The lowest BCUT2D eigenvalue weighted by atomic mass is 10.0. The maximum absolute atomic E-state index is 13.1. The Morgan fingerprint density at radius 2 is 1.74 bits per heavy atom. The first kappa shape index (κ1) is 23.9. The van der Waals surface area contributed by atoms with Crippen molar-refractivity contribution in [1.82, 2.24) is 30.0 Å². The van der Waals surface area contributed by atoms with Gasteiger partial charge in [-0.1, -0.05) is 30.3 Å². The van der Waals surface area contributed by atoms with Crippen molar-refractivity contribution in [2.75, 3.05) is 46.6 Å². The maximum atomic E-state index is 13.1. The standard InChI is InChI=1S/C24H34N6O4/c1-24(2,3)34-23(33)25-19(18-8-6-5-7-9-18)14-21(31)27-10-12-29(13-11-27)30-17-28-16-26(4)15-20(28)22(30)32/h5-9,15,19H,10-14,16-17H2,1-4H3,(H,25,33). The smallest absolute Gasteiger partial charge is 0.408 e. The van der Waals surface area contributed by atoms with Crippen LogP contribution in [-0.2, 0) is 14.3 Å². The summed E-state index contributed by atoms with van der Waals surface area (Å²) in [6.45, 7) is 8.88. The highest BCUT2D eigenvalue weighted by molar-refractivity contribution is 5.94. The Morgan fingerprint density at radius 1 is 1.06 bits per heavy atom. The fourth-order valence-electron chi connectivity index (χ4n) is 4.44. The van der Waals surface area contributed by atoms with Gasteiger partial charge < -0.3 is 24.8 Å².